The molecule has 1 atom stereocenters. The molecule has 4 rings (SSSR count). The van der Waals surface area contributed by atoms with Crippen molar-refractivity contribution >= 4 is 40.0 Å². The van der Waals surface area contributed by atoms with Crippen LogP contribution in [0.5, 0.6) is 5.75 Å². The van der Waals surface area contributed by atoms with E-state index in [0.717, 1.165) is 30.0 Å². The fourth-order valence-corrected chi connectivity index (χ4v) is 5.26. The summed E-state index contributed by atoms with van der Waals surface area (Å²) in [5, 5.41) is 20.4. The number of carbonyl (C=O) groups is 1. The maximum absolute atomic E-state index is 13.5. The monoisotopic (exact) mass is 526 g/mol. The zero-order valence-electron chi connectivity index (χ0n) is 18.4. The number of fused-ring (bicyclic) bond motifs is 1. The van der Waals surface area contributed by atoms with Crippen LogP contribution in [0.3, 0.4) is 0 Å². The van der Waals surface area contributed by atoms with Crippen LogP contribution < -0.4 is 5.56 Å². The summed E-state index contributed by atoms with van der Waals surface area (Å²) < 4.78 is 40.4. The molecule has 35 heavy (non-hydrogen) atoms. The van der Waals surface area contributed by atoms with Gasteiger partial charge in [-0.2, -0.15) is 13.2 Å². The second kappa shape index (κ2) is 10.2. The third-order valence-electron chi connectivity index (χ3n) is 5.86. The van der Waals surface area contributed by atoms with Gasteiger partial charge in [0.15, 0.2) is 0 Å². The third kappa shape index (κ3) is 5.83. The number of likely N-dealkylation sites (tertiary alicyclic amines) is 1. The topological polar surface area (TPSA) is 93.6 Å². The first kappa shape index (κ1) is 25.6. The SMILES string of the molecule is O=C(CCN1CCC(O)C1)CSc1c(-c2cc(Cl)ccc2O)c2cc(C(F)(F)F)ccc2[nH]c1=O. The van der Waals surface area contributed by atoms with E-state index in [2.05, 4.69) is 4.98 Å². The summed E-state index contributed by atoms with van der Waals surface area (Å²) >= 11 is 7.00. The van der Waals surface area contributed by atoms with Crippen molar-refractivity contribution in [2.24, 2.45) is 0 Å². The Labute approximate surface area is 207 Å². The van der Waals surface area contributed by atoms with Gasteiger partial charge >= 0.3 is 6.18 Å². The van der Waals surface area contributed by atoms with Crippen LogP contribution in [0.25, 0.3) is 22.0 Å². The molecule has 3 aromatic rings. The number of aliphatic hydroxyl groups is 1. The van der Waals surface area contributed by atoms with Crippen LogP contribution in [0.2, 0.25) is 5.02 Å². The number of benzene rings is 2. The number of ketones is 1. The summed E-state index contributed by atoms with van der Waals surface area (Å²) in [7, 11) is 0. The number of phenolic OH excluding ortho intramolecular Hbond substituents is 1. The summed E-state index contributed by atoms with van der Waals surface area (Å²) in [4.78, 5) is 30.1. The Hall–Kier alpha value is -2.53. The summed E-state index contributed by atoms with van der Waals surface area (Å²) in [6.07, 6.45) is -4.15. The molecule has 2 heterocycles. The number of rotatable bonds is 7. The molecule has 6 nitrogen and oxygen atoms in total. The Balaban J connectivity index is 1.73. The second-order valence-electron chi connectivity index (χ2n) is 8.40. The van der Waals surface area contributed by atoms with Crippen molar-refractivity contribution in [1.82, 2.24) is 9.88 Å². The molecule has 186 valence electrons. The Morgan fingerprint density at radius 1 is 1.23 bits per heavy atom. The molecule has 0 amide bonds. The number of carbonyl (C=O) groups excluding carboxylic acids is 1. The van der Waals surface area contributed by atoms with Gasteiger partial charge in [-0.3, -0.25) is 9.59 Å². The van der Waals surface area contributed by atoms with Crippen molar-refractivity contribution in [2.75, 3.05) is 25.4 Å². The normalized spacial score (nSPS) is 16.8. The standard InChI is InChI=1S/C24H22ClF3N2O4S/c25-14-2-4-20(33)18(10-14)21-17-9-13(24(26,27)28)1-3-19(17)29-23(34)22(21)35-12-16(32)6-8-30-7-5-15(31)11-30/h1-4,9-10,15,31,33H,5-8,11-12H2,(H,29,34). The molecule has 0 radical (unpaired) electrons. The van der Waals surface area contributed by atoms with Gasteiger partial charge in [0.05, 0.1) is 22.3 Å². The minimum Gasteiger partial charge on any atom is -0.507 e. The molecule has 1 aromatic heterocycles. The van der Waals surface area contributed by atoms with Crippen molar-refractivity contribution in [3.63, 3.8) is 0 Å². The molecule has 2 aromatic carbocycles. The van der Waals surface area contributed by atoms with E-state index in [1.54, 1.807) is 0 Å². The molecular formula is C24H22ClF3N2O4S. The summed E-state index contributed by atoms with van der Waals surface area (Å²) in [5.41, 5.74) is -1.18. The maximum atomic E-state index is 13.5. The molecule has 1 unspecified atom stereocenters. The van der Waals surface area contributed by atoms with E-state index < -0.39 is 23.4 Å². The number of aromatic hydroxyl groups is 1. The zero-order valence-corrected chi connectivity index (χ0v) is 19.9. The molecule has 1 saturated heterocycles. The molecule has 0 saturated carbocycles. The van der Waals surface area contributed by atoms with E-state index >= 15 is 0 Å². The summed E-state index contributed by atoms with van der Waals surface area (Å²) in [5.74, 6) is -0.501. The van der Waals surface area contributed by atoms with Crippen molar-refractivity contribution in [1.29, 1.82) is 0 Å². The number of hydrogen-bond acceptors (Lipinski definition) is 6. The lowest BCUT2D eigenvalue weighted by atomic mass is 9.98. The number of β-amino-alcohol motifs (C(OH)–C–C–N with tert-alkyl or cyclic N) is 1. The first-order valence-electron chi connectivity index (χ1n) is 10.8. The molecule has 3 N–H and O–H groups in total. The molecule has 0 aliphatic carbocycles. The molecule has 1 fully saturated rings. The smallest absolute Gasteiger partial charge is 0.416 e. The number of aromatic amines is 1. The van der Waals surface area contributed by atoms with Crippen molar-refractivity contribution in [3.05, 3.63) is 57.3 Å². The van der Waals surface area contributed by atoms with Gasteiger partial charge in [-0.15, -0.1) is 11.8 Å². The number of nitrogens with zero attached hydrogens (tertiary/aromatic N) is 1. The van der Waals surface area contributed by atoms with Crippen LogP contribution in [0.15, 0.2) is 46.1 Å². The van der Waals surface area contributed by atoms with E-state index in [0.29, 0.717) is 26.1 Å². The molecule has 1 aliphatic heterocycles. The average Bonchev–Trinajstić information content (AvgIpc) is 3.22. The number of aliphatic hydroxyl groups excluding tert-OH is 1. The lowest BCUT2D eigenvalue weighted by Gasteiger charge is -2.16. The Bertz CT molecular complexity index is 1330. The van der Waals surface area contributed by atoms with E-state index in [9.17, 15) is 33.0 Å². The van der Waals surface area contributed by atoms with Gasteiger partial charge in [0, 0.05) is 53.1 Å². The number of aromatic nitrogens is 1. The molecule has 0 spiro atoms. The largest absolute Gasteiger partial charge is 0.507 e. The van der Waals surface area contributed by atoms with Gasteiger partial charge in [-0.1, -0.05) is 11.6 Å². The number of halogens is 4. The highest BCUT2D eigenvalue weighted by Crippen LogP contribution is 2.42. The second-order valence-corrected chi connectivity index (χ2v) is 9.82. The van der Waals surface area contributed by atoms with E-state index in [-0.39, 0.29) is 55.7 Å². The number of pyridine rings is 1. The highest BCUT2D eigenvalue weighted by molar-refractivity contribution is 8.00. The van der Waals surface area contributed by atoms with Crippen molar-refractivity contribution < 1.29 is 28.2 Å². The molecular weight excluding hydrogens is 505 g/mol. The zero-order chi connectivity index (χ0) is 25.3. The number of hydrogen-bond donors (Lipinski definition) is 3. The third-order valence-corrected chi connectivity index (χ3v) is 7.24. The Kier molecular flexibility index (Phi) is 7.46. The van der Waals surface area contributed by atoms with Gasteiger partial charge in [0.1, 0.15) is 11.5 Å². The van der Waals surface area contributed by atoms with Crippen LogP contribution in [0.1, 0.15) is 18.4 Å². The number of thioether (sulfide) groups is 1. The van der Waals surface area contributed by atoms with E-state index in [4.69, 9.17) is 11.6 Å². The lowest BCUT2D eigenvalue weighted by molar-refractivity contribution is -0.137. The fourth-order valence-electron chi connectivity index (χ4n) is 4.09. The van der Waals surface area contributed by atoms with Crippen molar-refractivity contribution in [3.8, 4) is 16.9 Å². The van der Waals surface area contributed by atoms with Crippen LogP contribution in [-0.4, -0.2) is 57.4 Å². The van der Waals surface area contributed by atoms with Crippen LogP contribution in [0, 0.1) is 0 Å². The first-order chi connectivity index (χ1) is 16.5. The fraction of sp³-hybridized carbons (Fsp3) is 0.333. The predicted molar refractivity (Wildman–Crippen MR) is 129 cm³/mol. The van der Waals surface area contributed by atoms with E-state index in [1.807, 2.05) is 4.90 Å². The Morgan fingerprint density at radius 2 is 2.00 bits per heavy atom. The highest BCUT2D eigenvalue weighted by Gasteiger charge is 2.31. The summed E-state index contributed by atoms with van der Waals surface area (Å²) in [6, 6.07) is 7.02. The van der Waals surface area contributed by atoms with Gasteiger partial charge in [-0.25, -0.2) is 0 Å². The van der Waals surface area contributed by atoms with Crippen molar-refractivity contribution in [2.45, 2.75) is 30.0 Å². The highest BCUT2D eigenvalue weighted by atomic mass is 35.5. The van der Waals surface area contributed by atoms with Gasteiger partial charge in [0.2, 0.25) is 0 Å². The van der Waals surface area contributed by atoms with Gasteiger partial charge in [-0.05, 0) is 42.8 Å². The Morgan fingerprint density at radius 3 is 2.69 bits per heavy atom. The quantitative estimate of drug-likeness (QED) is 0.387. The lowest BCUT2D eigenvalue weighted by Crippen LogP contribution is -2.25. The minimum absolute atomic E-state index is 0.0133. The maximum Gasteiger partial charge on any atom is 0.416 e. The average molecular weight is 527 g/mol. The van der Waals surface area contributed by atoms with Crippen LogP contribution >= 0.6 is 23.4 Å². The number of phenols is 1. The molecule has 11 heteroatoms. The molecule has 1 aliphatic rings. The number of alkyl halides is 3. The summed E-state index contributed by atoms with van der Waals surface area (Å²) in [6.45, 7) is 1.68. The first-order valence-corrected chi connectivity index (χ1v) is 12.2. The number of Topliss-reactive ketones (excluding diaryl/α,β-unsaturated/α-hetero) is 1. The number of nitrogens with one attached hydrogen (secondary N) is 1. The van der Waals surface area contributed by atoms with Gasteiger partial charge < -0.3 is 20.1 Å². The van der Waals surface area contributed by atoms with Crippen LogP contribution in [-0.2, 0) is 11.0 Å². The van der Waals surface area contributed by atoms with E-state index in [1.165, 1.54) is 18.2 Å². The van der Waals surface area contributed by atoms with Crippen LogP contribution in [0.4, 0.5) is 13.2 Å². The predicted octanol–water partition coefficient (Wildman–Crippen LogP) is 4.69. The van der Waals surface area contributed by atoms with Gasteiger partial charge in [0.25, 0.3) is 5.56 Å². The minimum atomic E-state index is -4.62. The number of H-pyrrole nitrogens is 1. The molecule has 0 bridgehead atoms.